The third-order valence-corrected chi connectivity index (χ3v) is 3.26. The Morgan fingerprint density at radius 1 is 1.50 bits per heavy atom. The van der Waals surface area contributed by atoms with E-state index in [1.165, 1.54) is 12.1 Å². The number of non-ortho nitro benzene ring substituents is 1. The molecule has 0 aliphatic carbocycles. The van der Waals surface area contributed by atoms with E-state index in [9.17, 15) is 14.9 Å². The Labute approximate surface area is 92.6 Å². The molecule has 1 aromatic carbocycles. The van der Waals surface area contributed by atoms with E-state index in [-0.39, 0.29) is 11.6 Å². The quantitative estimate of drug-likeness (QED) is 0.613. The predicted molar refractivity (Wildman–Crippen MR) is 59.4 cm³/mol. The number of benzene rings is 1. The second kappa shape index (κ2) is 3.30. The summed E-state index contributed by atoms with van der Waals surface area (Å²) in [4.78, 5) is 22.0. The minimum absolute atomic E-state index is 0.0231. The molecule has 1 aliphatic heterocycles. The second-order valence-corrected chi connectivity index (χ2v) is 4.13. The van der Waals surface area contributed by atoms with Gasteiger partial charge >= 0.3 is 0 Å². The zero-order valence-corrected chi connectivity index (χ0v) is 9.11. The van der Waals surface area contributed by atoms with Crippen LogP contribution in [0.2, 0.25) is 0 Å². The van der Waals surface area contributed by atoms with Crippen molar-refractivity contribution in [3.05, 3.63) is 33.9 Å². The van der Waals surface area contributed by atoms with Gasteiger partial charge in [-0.05, 0) is 25.0 Å². The number of nitro groups is 1. The first-order chi connectivity index (χ1) is 7.49. The SMILES string of the molecule is CCC1(C)C(=O)Nc2ccc([N+](=O)[O-])cc21. The highest BCUT2D eigenvalue weighted by atomic mass is 16.6. The molecular weight excluding hydrogens is 208 g/mol. The molecule has 1 N–H and O–H groups in total. The van der Waals surface area contributed by atoms with Crippen LogP contribution >= 0.6 is 0 Å². The van der Waals surface area contributed by atoms with Gasteiger partial charge in [-0.3, -0.25) is 14.9 Å². The van der Waals surface area contributed by atoms with Gasteiger partial charge in [0.2, 0.25) is 5.91 Å². The molecule has 0 saturated carbocycles. The Bertz CT molecular complexity index is 484. The summed E-state index contributed by atoms with van der Waals surface area (Å²) in [6.45, 7) is 3.70. The number of nitrogens with zero attached hydrogens (tertiary/aromatic N) is 1. The van der Waals surface area contributed by atoms with Gasteiger partial charge in [-0.25, -0.2) is 0 Å². The van der Waals surface area contributed by atoms with Crippen molar-refractivity contribution in [2.45, 2.75) is 25.7 Å². The lowest BCUT2D eigenvalue weighted by Gasteiger charge is -2.19. The standard InChI is InChI=1S/C11H12N2O3/c1-3-11(2)8-6-7(13(15)16)4-5-9(8)12-10(11)14/h4-6H,3H2,1-2H3,(H,12,14). The van der Waals surface area contributed by atoms with Crippen LogP contribution in [0.15, 0.2) is 18.2 Å². The number of nitro benzene ring substituents is 1. The molecule has 1 aliphatic rings. The summed E-state index contributed by atoms with van der Waals surface area (Å²) in [5, 5.41) is 13.4. The zero-order valence-electron chi connectivity index (χ0n) is 9.11. The smallest absolute Gasteiger partial charge is 0.269 e. The number of rotatable bonds is 2. The Hall–Kier alpha value is -1.91. The molecule has 5 nitrogen and oxygen atoms in total. The average molecular weight is 220 g/mol. The van der Waals surface area contributed by atoms with E-state index in [1.807, 2.05) is 6.92 Å². The molecule has 0 fully saturated rings. The summed E-state index contributed by atoms with van der Waals surface area (Å²) in [5.74, 6) is -0.0921. The largest absolute Gasteiger partial charge is 0.325 e. The maximum atomic E-state index is 11.8. The molecule has 1 heterocycles. The molecule has 1 aromatic rings. The van der Waals surface area contributed by atoms with Gasteiger partial charge < -0.3 is 5.32 Å². The number of carbonyl (C=O) groups excluding carboxylic acids is 1. The monoisotopic (exact) mass is 220 g/mol. The van der Waals surface area contributed by atoms with Gasteiger partial charge in [0.15, 0.2) is 0 Å². The van der Waals surface area contributed by atoms with Crippen LogP contribution in [0.4, 0.5) is 11.4 Å². The van der Waals surface area contributed by atoms with Gasteiger partial charge in [0, 0.05) is 17.8 Å². The number of amides is 1. The first kappa shape index (κ1) is 10.6. The highest BCUT2D eigenvalue weighted by molar-refractivity contribution is 6.06. The molecule has 84 valence electrons. The van der Waals surface area contributed by atoms with Crippen LogP contribution in [-0.2, 0) is 10.2 Å². The van der Waals surface area contributed by atoms with Crippen molar-refractivity contribution in [2.24, 2.45) is 0 Å². The average Bonchev–Trinajstić information content (AvgIpc) is 2.51. The molecule has 1 atom stereocenters. The van der Waals surface area contributed by atoms with Crippen LogP contribution in [-0.4, -0.2) is 10.8 Å². The van der Waals surface area contributed by atoms with Crippen LogP contribution in [0.5, 0.6) is 0 Å². The molecule has 0 bridgehead atoms. The van der Waals surface area contributed by atoms with Crippen LogP contribution < -0.4 is 5.32 Å². The lowest BCUT2D eigenvalue weighted by Crippen LogP contribution is -2.29. The Balaban J connectivity index is 2.59. The fraction of sp³-hybridized carbons (Fsp3) is 0.364. The summed E-state index contributed by atoms with van der Waals surface area (Å²) in [6.07, 6.45) is 0.618. The highest BCUT2D eigenvalue weighted by Crippen LogP contribution is 2.41. The fourth-order valence-electron chi connectivity index (χ4n) is 1.94. The normalized spacial score (nSPS) is 22.8. The molecule has 16 heavy (non-hydrogen) atoms. The highest BCUT2D eigenvalue weighted by Gasteiger charge is 2.41. The number of hydrogen-bond donors (Lipinski definition) is 1. The van der Waals surface area contributed by atoms with Gasteiger partial charge in [0.1, 0.15) is 0 Å². The van der Waals surface area contributed by atoms with Crippen LogP contribution in [0, 0.1) is 10.1 Å². The third-order valence-electron chi connectivity index (χ3n) is 3.26. The molecular formula is C11H12N2O3. The lowest BCUT2D eigenvalue weighted by molar-refractivity contribution is -0.384. The van der Waals surface area contributed by atoms with Gasteiger partial charge in [-0.15, -0.1) is 0 Å². The molecule has 0 saturated heterocycles. The Morgan fingerprint density at radius 3 is 2.75 bits per heavy atom. The van der Waals surface area contributed by atoms with E-state index in [0.717, 1.165) is 0 Å². The van der Waals surface area contributed by atoms with Crippen molar-refractivity contribution >= 4 is 17.3 Å². The number of carbonyl (C=O) groups is 1. The van der Waals surface area contributed by atoms with Crippen LogP contribution in [0.1, 0.15) is 25.8 Å². The van der Waals surface area contributed by atoms with Gasteiger partial charge in [-0.2, -0.15) is 0 Å². The minimum atomic E-state index is -0.651. The molecule has 1 unspecified atom stereocenters. The summed E-state index contributed by atoms with van der Waals surface area (Å²) >= 11 is 0. The van der Waals surface area contributed by atoms with Gasteiger partial charge in [0.05, 0.1) is 10.3 Å². The maximum absolute atomic E-state index is 11.8. The first-order valence-electron chi connectivity index (χ1n) is 5.09. The summed E-state index contributed by atoms with van der Waals surface area (Å²) < 4.78 is 0. The molecule has 0 aromatic heterocycles. The van der Waals surface area contributed by atoms with E-state index in [1.54, 1.807) is 13.0 Å². The summed E-state index contributed by atoms with van der Waals surface area (Å²) in [7, 11) is 0. The van der Waals surface area contributed by atoms with E-state index in [2.05, 4.69) is 5.32 Å². The zero-order chi connectivity index (χ0) is 11.9. The predicted octanol–water partition coefficient (Wildman–Crippen LogP) is 2.21. The van der Waals surface area contributed by atoms with Crippen molar-refractivity contribution in [2.75, 3.05) is 5.32 Å². The van der Waals surface area contributed by atoms with Crippen LogP contribution in [0.3, 0.4) is 0 Å². The minimum Gasteiger partial charge on any atom is -0.325 e. The van der Waals surface area contributed by atoms with E-state index < -0.39 is 10.3 Å². The van der Waals surface area contributed by atoms with Crippen LogP contribution in [0.25, 0.3) is 0 Å². The number of fused-ring (bicyclic) bond motifs is 1. The number of nitrogens with one attached hydrogen (secondary N) is 1. The molecule has 0 spiro atoms. The van der Waals surface area contributed by atoms with E-state index in [4.69, 9.17) is 0 Å². The summed E-state index contributed by atoms with van der Waals surface area (Å²) in [5.41, 5.74) is 0.769. The third kappa shape index (κ3) is 1.28. The topological polar surface area (TPSA) is 72.2 Å². The van der Waals surface area contributed by atoms with Crippen molar-refractivity contribution in [1.82, 2.24) is 0 Å². The molecule has 1 amide bonds. The van der Waals surface area contributed by atoms with E-state index >= 15 is 0 Å². The molecule has 0 radical (unpaired) electrons. The van der Waals surface area contributed by atoms with Crippen molar-refractivity contribution < 1.29 is 9.72 Å². The Morgan fingerprint density at radius 2 is 2.19 bits per heavy atom. The maximum Gasteiger partial charge on any atom is 0.269 e. The second-order valence-electron chi connectivity index (χ2n) is 4.13. The molecule has 2 rings (SSSR count). The van der Waals surface area contributed by atoms with Crippen molar-refractivity contribution in [3.63, 3.8) is 0 Å². The first-order valence-corrected chi connectivity index (χ1v) is 5.09. The fourth-order valence-corrected chi connectivity index (χ4v) is 1.94. The van der Waals surface area contributed by atoms with Crippen molar-refractivity contribution in [3.8, 4) is 0 Å². The van der Waals surface area contributed by atoms with Gasteiger partial charge in [-0.1, -0.05) is 6.92 Å². The summed E-state index contributed by atoms with van der Waals surface area (Å²) in [6, 6.07) is 4.48. The number of hydrogen-bond acceptors (Lipinski definition) is 3. The van der Waals surface area contributed by atoms with E-state index in [0.29, 0.717) is 17.7 Å². The molecule has 5 heteroatoms. The number of anilines is 1. The van der Waals surface area contributed by atoms with Gasteiger partial charge in [0.25, 0.3) is 5.69 Å². The Kier molecular flexibility index (Phi) is 2.18. The lowest BCUT2D eigenvalue weighted by atomic mass is 9.81. The van der Waals surface area contributed by atoms with Crippen molar-refractivity contribution in [1.29, 1.82) is 0 Å².